The second-order valence-electron chi connectivity index (χ2n) is 5.34. The molecule has 0 fully saturated rings. The number of amides is 2. The Hall–Kier alpha value is -2.29. The number of rotatable bonds is 6. The highest BCUT2D eigenvalue weighted by Gasteiger charge is 2.11. The molecule has 6 nitrogen and oxygen atoms in total. The van der Waals surface area contributed by atoms with Crippen LogP contribution in [0.15, 0.2) is 35.8 Å². The van der Waals surface area contributed by atoms with Gasteiger partial charge in [0, 0.05) is 21.5 Å². The number of thiazole rings is 1. The van der Waals surface area contributed by atoms with E-state index in [1.807, 2.05) is 24.4 Å². The maximum Gasteiger partial charge on any atom is 0.270 e. The summed E-state index contributed by atoms with van der Waals surface area (Å²) in [5.41, 5.74) is 1.13. The van der Waals surface area contributed by atoms with Gasteiger partial charge in [-0.2, -0.15) is 0 Å². The van der Waals surface area contributed by atoms with Crippen LogP contribution in [-0.2, 0) is 11.3 Å². The van der Waals surface area contributed by atoms with E-state index in [0.717, 1.165) is 20.5 Å². The number of carbonyl (C=O) groups is 2. The van der Waals surface area contributed by atoms with E-state index >= 15 is 0 Å². The van der Waals surface area contributed by atoms with Gasteiger partial charge in [0.2, 0.25) is 5.91 Å². The van der Waals surface area contributed by atoms with E-state index in [2.05, 4.69) is 20.6 Å². The molecule has 134 valence electrons. The molecule has 0 aliphatic rings. The van der Waals surface area contributed by atoms with E-state index in [9.17, 15) is 9.59 Å². The van der Waals surface area contributed by atoms with Gasteiger partial charge in [0.15, 0.2) is 0 Å². The Morgan fingerprint density at radius 2 is 2.08 bits per heavy atom. The Morgan fingerprint density at radius 1 is 1.23 bits per heavy atom. The van der Waals surface area contributed by atoms with Crippen LogP contribution in [0.4, 0.5) is 0 Å². The fourth-order valence-corrected chi connectivity index (χ4v) is 3.87. The minimum Gasteiger partial charge on any atom is -0.350 e. The number of nitrogens with zero attached hydrogens (tertiary/aromatic N) is 2. The highest BCUT2D eigenvalue weighted by Crippen LogP contribution is 2.28. The molecule has 3 rings (SSSR count). The van der Waals surface area contributed by atoms with Crippen molar-refractivity contribution in [3.05, 3.63) is 56.4 Å². The zero-order chi connectivity index (χ0) is 18.5. The first-order valence-corrected chi connectivity index (χ1v) is 9.76. The Labute approximate surface area is 163 Å². The number of halogens is 1. The third-order valence-electron chi connectivity index (χ3n) is 3.36. The third-order valence-corrected chi connectivity index (χ3v) is 5.47. The lowest BCUT2D eigenvalue weighted by Gasteiger charge is -2.06. The van der Waals surface area contributed by atoms with Crippen molar-refractivity contribution >= 4 is 46.1 Å². The van der Waals surface area contributed by atoms with Gasteiger partial charge < -0.3 is 10.6 Å². The average Bonchev–Trinajstić information content (AvgIpc) is 3.26. The van der Waals surface area contributed by atoms with Gasteiger partial charge in [-0.15, -0.1) is 22.7 Å². The van der Waals surface area contributed by atoms with Crippen molar-refractivity contribution in [2.75, 3.05) is 6.54 Å². The summed E-state index contributed by atoms with van der Waals surface area (Å²) in [5, 5.41) is 8.75. The first-order chi connectivity index (χ1) is 12.5. The summed E-state index contributed by atoms with van der Waals surface area (Å²) in [5.74, 6) is -0.722. The predicted molar refractivity (Wildman–Crippen MR) is 104 cm³/mol. The normalized spacial score (nSPS) is 10.5. The third kappa shape index (κ3) is 4.87. The molecular formula is C17H15ClN4O2S2. The molecule has 9 heteroatoms. The number of hydrogen-bond donors (Lipinski definition) is 2. The standard InChI is InChI=1S/C17H15ClN4O2S2/c1-10-22-14(9-25-10)15-3-2-12(26-15)7-20-16(23)8-21-17(24)13-6-11(18)4-5-19-13/h2-6,9H,7-8H2,1H3,(H,20,23)(H,21,24). The van der Waals surface area contributed by atoms with Crippen LogP contribution < -0.4 is 10.6 Å². The summed E-state index contributed by atoms with van der Waals surface area (Å²) in [6.45, 7) is 2.24. The van der Waals surface area contributed by atoms with E-state index in [0.29, 0.717) is 11.6 Å². The molecule has 0 bridgehead atoms. The van der Waals surface area contributed by atoms with Gasteiger partial charge in [0.05, 0.1) is 28.7 Å². The second-order valence-corrected chi connectivity index (χ2v) is 8.00. The van der Waals surface area contributed by atoms with Crippen molar-refractivity contribution in [1.82, 2.24) is 20.6 Å². The highest BCUT2D eigenvalue weighted by atomic mass is 35.5. The number of aromatic nitrogens is 2. The SMILES string of the molecule is Cc1nc(-c2ccc(CNC(=O)CNC(=O)c3cc(Cl)ccn3)s2)cs1. The number of hydrogen-bond acceptors (Lipinski definition) is 6. The first-order valence-electron chi connectivity index (χ1n) is 7.69. The summed E-state index contributed by atoms with van der Waals surface area (Å²) in [6.07, 6.45) is 1.44. The predicted octanol–water partition coefficient (Wildman–Crippen LogP) is 3.27. The van der Waals surface area contributed by atoms with Crippen LogP contribution in [0.3, 0.4) is 0 Å². The Bertz CT molecular complexity index is 938. The van der Waals surface area contributed by atoms with Crippen molar-refractivity contribution < 1.29 is 9.59 Å². The van der Waals surface area contributed by atoms with Crippen LogP contribution >= 0.6 is 34.3 Å². The minimum absolute atomic E-state index is 0.128. The van der Waals surface area contributed by atoms with Crippen LogP contribution in [-0.4, -0.2) is 28.3 Å². The Kier molecular flexibility index (Phi) is 5.97. The lowest BCUT2D eigenvalue weighted by molar-refractivity contribution is -0.120. The topological polar surface area (TPSA) is 84.0 Å². The Balaban J connectivity index is 1.47. The monoisotopic (exact) mass is 406 g/mol. The molecule has 0 saturated heterocycles. The van der Waals surface area contributed by atoms with E-state index in [-0.39, 0.29) is 18.1 Å². The summed E-state index contributed by atoms with van der Waals surface area (Å²) in [6, 6.07) is 6.98. The van der Waals surface area contributed by atoms with Gasteiger partial charge in [0.1, 0.15) is 5.69 Å². The molecule has 0 saturated carbocycles. The summed E-state index contributed by atoms with van der Waals surface area (Å²) in [7, 11) is 0. The van der Waals surface area contributed by atoms with Gasteiger partial charge in [-0.1, -0.05) is 11.6 Å². The lowest BCUT2D eigenvalue weighted by atomic mass is 10.3. The lowest BCUT2D eigenvalue weighted by Crippen LogP contribution is -2.36. The molecule has 3 aromatic heterocycles. The van der Waals surface area contributed by atoms with Gasteiger partial charge >= 0.3 is 0 Å². The van der Waals surface area contributed by atoms with E-state index < -0.39 is 5.91 Å². The molecule has 3 heterocycles. The van der Waals surface area contributed by atoms with Gasteiger partial charge in [-0.3, -0.25) is 14.6 Å². The molecule has 0 aliphatic heterocycles. The average molecular weight is 407 g/mol. The molecule has 0 atom stereocenters. The molecular weight excluding hydrogens is 392 g/mol. The van der Waals surface area contributed by atoms with Crippen LogP contribution in [0.1, 0.15) is 20.4 Å². The summed E-state index contributed by atoms with van der Waals surface area (Å²) in [4.78, 5) is 34.3. The quantitative estimate of drug-likeness (QED) is 0.658. The number of aryl methyl sites for hydroxylation is 1. The molecule has 0 aromatic carbocycles. The van der Waals surface area contributed by atoms with Crippen molar-refractivity contribution in [1.29, 1.82) is 0 Å². The summed E-state index contributed by atoms with van der Waals surface area (Å²) < 4.78 is 0. The minimum atomic E-state index is -0.444. The van der Waals surface area contributed by atoms with Crippen LogP contribution in [0, 0.1) is 6.92 Å². The molecule has 0 unspecified atom stereocenters. The maximum atomic E-state index is 11.9. The summed E-state index contributed by atoms with van der Waals surface area (Å²) >= 11 is 9.00. The van der Waals surface area contributed by atoms with Crippen LogP contribution in [0.5, 0.6) is 0 Å². The number of nitrogens with one attached hydrogen (secondary N) is 2. The zero-order valence-electron chi connectivity index (χ0n) is 13.8. The molecule has 26 heavy (non-hydrogen) atoms. The van der Waals surface area contributed by atoms with E-state index in [4.69, 9.17) is 11.6 Å². The molecule has 2 amide bonds. The maximum absolute atomic E-state index is 11.9. The number of thiophene rings is 1. The van der Waals surface area contributed by atoms with E-state index in [1.165, 1.54) is 12.3 Å². The highest BCUT2D eigenvalue weighted by molar-refractivity contribution is 7.16. The second kappa shape index (κ2) is 8.39. The van der Waals surface area contributed by atoms with Crippen molar-refractivity contribution in [2.24, 2.45) is 0 Å². The zero-order valence-corrected chi connectivity index (χ0v) is 16.2. The molecule has 0 radical (unpaired) electrons. The van der Waals surface area contributed by atoms with Crippen molar-refractivity contribution in [3.63, 3.8) is 0 Å². The molecule has 2 N–H and O–H groups in total. The fourth-order valence-electron chi connectivity index (χ4n) is 2.12. The Morgan fingerprint density at radius 3 is 2.81 bits per heavy atom. The first kappa shape index (κ1) is 18.5. The molecule has 0 spiro atoms. The van der Waals surface area contributed by atoms with Gasteiger partial charge in [0.25, 0.3) is 5.91 Å². The van der Waals surface area contributed by atoms with Crippen LogP contribution in [0.25, 0.3) is 10.6 Å². The smallest absolute Gasteiger partial charge is 0.270 e. The van der Waals surface area contributed by atoms with Gasteiger partial charge in [-0.25, -0.2) is 4.98 Å². The van der Waals surface area contributed by atoms with Crippen molar-refractivity contribution in [3.8, 4) is 10.6 Å². The number of carbonyl (C=O) groups excluding carboxylic acids is 2. The van der Waals surface area contributed by atoms with Crippen molar-refractivity contribution in [2.45, 2.75) is 13.5 Å². The number of pyridine rings is 1. The van der Waals surface area contributed by atoms with Crippen LogP contribution in [0.2, 0.25) is 5.02 Å². The molecule has 3 aromatic rings. The largest absolute Gasteiger partial charge is 0.350 e. The molecule has 0 aliphatic carbocycles. The van der Waals surface area contributed by atoms with Gasteiger partial charge in [-0.05, 0) is 31.2 Å². The van der Waals surface area contributed by atoms with E-state index in [1.54, 1.807) is 28.7 Å². The fraction of sp³-hybridized carbons (Fsp3) is 0.176.